The molecular formula is C25H24N6O7. The summed E-state index contributed by atoms with van der Waals surface area (Å²) < 4.78 is 6.93. The predicted octanol–water partition coefficient (Wildman–Crippen LogP) is 1.05. The zero-order chi connectivity index (χ0) is 27.6. The lowest BCUT2D eigenvalue weighted by atomic mass is 10.1. The van der Waals surface area contributed by atoms with Crippen LogP contribution in [0.15, 0.2) is 53.5 Å². The van der Waals surface area contributed by atoms with Crippen molar-refractivity contribution < 1.29 is 29.0 Å². The highest BCUT2D eigenvalue weighted by Crippen LogP contribution is 2.29. The molecule has 196 valence electrons. The van der Waals surface area contributed by atoms with Crippen molar-refractivity contribution in [2.24, 2.45) is 7.05 Å². The topological polar surface area (TPSA) is 155 Å². The van der Waals surface area contributed by atoms with Crippen molar-refractivity contribution in [3.63, 3.8) is 0 Å². The summed E-state index contributed by atoms with van der Waals surface area (Å²) in [5, 5.41) is 13.4. The highest BCUT2D eigenvalue weighted by Gasteiger charge is 2.32. The van der Waals surface area contributed by atoms with Gasteiger partial charge in [0.15, 0.2) is 5.82 Å². The van der Waals surface area contributed by atoms with Crippen LogP contribution in [0.2, 0.25) is 0 Å². The first-order valence-electron chi connectivity index (χ1n) is 11.4. The summed E-state index contributed by atoms with van der Waals surface area (Å²) in [5.41, 5.74) is 1.86. The molecule has 1 saturated heterocycles. The summed E-state index contributed by atoms with van der Waals surface area (Å²) in [6.45, 7) is 0.604. The lowest BCUT2D eigenvalue weighted by Crippen LogP contribution is -2.51. The SMILES string of the molecule is CN1C(=O)CC(=O)N(C)C1=O.Cn1nc(N2Cc3cc(OCc4ccc(O)cn4)ccc3C2=O)ccc1=O. The second-order valence-corrected chi connectivity index (χ2v) is 8.52. The predicted molar refractivity (Wildman–Crippen MR) is 132 cm³/mol. The van der Waals surface area contributed by atoms with Crippen LogP contribution in [0.4, 0.5) is 10.6 Å². The molecule has 38 heavy (non-hydrogen) atoms. The number of hydrogen-bond donors (Lipinski definition) is 1. The van der Waals surface area contributed by atoms with Gasteiger partial charge >= 0.3 is 6.03 Å². The van der Waals surface area contributed by atoms with Gasteiger partial charge in [-0.1, -0.05) is 0 Å². The van der Waals surface area contributed by atoms with Crippen molar-refractivity contribution in [3.05, 3.63) is 75.8 Å². The number of aryl methyl sites for hydroxylation is 1. The number of benzene rings is 1. The first kappa shape index (κ1) is 26.0. The highest BCUT2D eigenvalue weighted by atomic mass is 16.5. The minimum Gasteiger partial charge on any atom is -0.506 e. The van der Waals surface area contributed by atoms with Gasteiger partial charge in [0.1, 0.15) is 24.5 Å². The molecule has 1 aromatic carbocycles. The number of fused-ring (bicyclic) bond motifs is 1. The summed E-state index contributed by atoms with van der Waals surface area (Å²) in [6.07, 6.45) is 1.15. The Labute approximate surface area is 216 Å². The molecule has 2 aliphatic rings. The average molecular weight is 521 g/mol. The van der Waals surface area contributed by atoms with E-state index in [0.717, 1.165) is 15.4 Å². The second-order valence-electron chi connectivity index (χ2n) is 8.52. The van der Waals surface area contributed by atoms with Crippen LogP contribution >= 0.6 is 0 Å². The number of carbonyl (C=O) groups excluding carboxylic acids is 4. The van der Waals surface area contributed by atoms with Crippen molar-refractivity contribution in [2.75, 3.05) is 19.0 Å². The third kappa shape index (κ3) is 5.36. The molecule has 2 aliphatic heterocycles. The molecule has 0 atom stereocenters. The number of aromatic nitrogens is 3. The summed E-state index contributed by atoms with van der Waals surface area (Å²) in [7, 11) is 4.25. The number of ether oxygens (including phenoxy) is 1. The van der Waals surface area contributed by atoms with Crippen LogP contribution in [0, 0.1) is 0 Å². The lowest BCUT2D eigenvalue weighted by Gasteiger charge is -2.26. The number of hydrogen-bond acceptors (Lipinski definition) is 9. The molecular weight excluding hydrogens is 496 g/mol. The minimum atomic E-state index is -0.564. The van der Waals surface area contributed by atoms with Crippen molar-refractivity contribution in [2.45, 2.75) is 19.6 Å². The molecule has 3 aromatic rings. The smallest absolute Gasteiger partial charge is 0.332 e. The van der Waals surface area contributed by atoms with Crippen LogP contribution in [0.25, 0.3) is 0 Å². The number of imide groups is 2. The van der Waals surface area contributed by atoms with Crippen molar-refractivity contribution >= 4 is 29.6 Å². The molecule has 0 unspecified atom stereocenters. The fraction of sp³-hybridized carbons (Fsp3) is 0.240. The van der Waals surface area contributed by atoms with E-state index in [4.69, 9.17) is 4.74 Å². The Kier molecular flexibility index (Phi) is 7.19. The van der Waals surface area contributed by atoms with Crippen LogP contribution in [0.1, 0.15) is 28.0 Å². The number of pyridine rings is 1. The van der Waals surface area contributed by atoms with Crippen molar-refractivity contribution in [3.8, 4) is 11.5 Å². The van der Waals surface area contributed by atoms with E-state index in [2.05, 4.69) is 10.1 Å². The third-order valence-corrected chi connectivity index (χ3v) is 5.92. The number of amides is 5. The Morgan fingerprint density at radius 3 is 2.26 bits per heavy atom. The minimum absolute atomic E-state index is 0.0990. The fourth-order valence-electron chi connectivity index (χ4n) is 3.67. The van der Waals surface area contributed by atoms with Crippen LogP contribution in [-0.2, 0) is 29.8 Å². The quantitative estimate of drug-likeness (QED) is 0.497. The lowest BCUT2D eigenvalue weighted by molar-refractivity contribution is -0.140. The number of anilines is 1. The van der Waals surface area contributed by atoms with Crippen LogP contribution in [-0.4, -0.2) is 67.5 Å². The van der Waals surface area contributed by atoms with Gasteiger partial charge in [-0.3, -0.25) is 38.9 Å². The standard InChI is InChI=1S/C19H16N4O4.C6H8N2O3/c1-22-18(25)7-6-17(21-22)23-10-12-8-15(4-5-16(12)19(23)26)27-11-13-2-3-14(24)9-20-13;1-7-4(9)3-5(10)8(2)6(7)11/h2-9,24H,10-11H2,1H3;3H2,1-2H3. The molecule has 1 fully saturated rings. The zero-order valence-corrected chi connectivity index (χ0v) is 20.8. The van der Waals surface area contributed by atoms with Gasteiger partial charge in [0.25, 0.3) is 11.5 Å². The van der Waals surface area contributed by atoms with E-state index in [1.165, 1.54) is 35.9 Å². The number of urea groups is 1. The van der Waals surface area contributed by atoms with Crippen molar-refractivity contribution in [1.82, 2.24) is 24.6 Å². The van der Waals surface area contributed by atoms with E-state index in [9.17, 15) is 29.1 Å². The summed E-state index contributed by atoms with van der Waals surface area (Å²) in [5.74, 6) is 0.0850. The number of nitrogens with zero attached hydrogens (tertiary/aromatic N) is 6. The Balaban J connectivity index is 0.000000257. The molecule has 13 nitrogen and oxygen atoms in total. The van der Waals surface area contributed by atoms with Crippen LogP contribution in [0.5, 0.6) is 11.5 Å². The number of rotatable bonds is 4. The van der Waals surface area contributed by atoms with E-state index >= 15 is 0 Å². The normalized spacial score (nSPS) is 14.9. The Hall–Kier alpha value is -5.07. The average Bonchev–Trinajstić information content (AvgIpc) is 3.23. The van der Waals surface area contributed by atoms with Gasteiger partial charge in [-0.15, -0.1) is 0 Å². The number of aromatic hydroxyl groups is 1. The summed E-state index contributed by atoms with van der Waals surface area (Å²) in [4.78, 5) is 64.2. The molecule has 13 heteroatoms. The van der Waals surface area contributed by atoms with E-state index < -0.39 is 17.8 Å². The molecule has 0 bridgehead atoms. The van der Waals surface area contributed by atoms with Gasteiger partial charge in [-0.25, -0.2) is 9.48 Å². The monoisotopic (exact) mass is 520 g/mol. The van der Waals surface area contributed by atoms with Gasteiger partial charge < -0.3 is 9.84 Å². The number of barbiturate groups is 1. The van der Waals surface area contributed by atoms with Crippen molar-refractivity contribution in [1.29, 1.82) is 0 Å². The van der Waals surface area contributed by atoms with Gasteiger partial charge in [0, 0.05) is 32.8 Å². The largest absolute Gasteiger partial charge is 0.506 e. The first-order valence-corrected chi connectivity index (χ1v) is 11.4. The number of carbonyl (C=O) groups is 4. The molecule has 4 heterocycles. The van der Waals surface area contributed by atoms with E-state index in [1.807, 2.05) is 6.07 Å². The molecule has 1 N–H and O–H groups in total. The maximum absolute atomic E-state index is 12.6. The van der Waals surface area contributed by atoms with Crippen LogP contribution < -0.4 is 15.2 Å². The van der Waals surface area contributed by atoms with E-state index in [0.29, 0.717) is 29.4 Å². The maximum Gasteiger partial charge on any atom is 0.332 e. The molecule has 5 amide bonds. The van der Waals surface area contributed by atoms with Gasteiger partial charge in [-0.05, 0) is 42.0 Å². The van der Waals surface area contributed by atoms with Gasteiger partial charge in [0.2, 0.25) is 11.8 Å². The molecule has 0 radical (unpaired) electrons. The van der Waals surface area contributed by atoms with Crippen LogP contribution in [0.3, 0.4) is 0 Å². The van der Waals surface area contributed by atoms with E-state index in [-0.39, 0.29) is 30.2 Å². The first-order chi connectivity index (χ1) is 18.0. The Bertz CT molecular complexity index is 1460. The fourth-order valence-corrected chi connectivity index (χ4v) is 3.67. The van der Waals surface area contributed by atoms with Gasteiger partial charge in [-0.2, -0.15) is 5.10 Å². The summed E-state index contributed by atoms with van der Waals surface area (Å²) >= 11 is 0. The molecule has 5 rings (SSSR count). The highest BCUT2D eigenvalue weighted by molar-refractivity contribution is 6.13. The molecule has 2 aromatic heterocycles. The molecule has 0 aliphatic carbocycles. The second kappa shape index (κ2) is 10.5. The van der Waals surface area contributed by atoms with Gasteiger partial charge in [0.05, 0.1) is 18.4 Å². The maximum atomic E-state index is 12.6. The Morgan fingerprint density at radius 1 is 0.921 bits per heavy atom. The third-order valence-electron chi connectivity index (χ3n) is 5.92. The molecule has 0 spiro atoms. The zero-order valence-electron chi connectivity index (χ0n) is 20.8. The summed E-state index contributed by atoms with van der Waals surface area (Å²) in [6, 6.07) is 10.9. The van der Waals surface area contributed by atoms with E-state index in [1.54, 1.807) is 37.4 Å². The Morgan fingerprint density at radius 2 is 1.63 bits per heavy atom. The molecule has 0 saturated carbocycles.